The molecular formula is C25H25N5O. The Morgan fingerprint density at radius 2 is 1.97 bits per heavy atom. The average Bonchev–Trinajstić information content (AvgIpc) is 3.16. The lowest BCUT2D eigenvalue weighted by Crippen LogP contribution is -2.27. The summed E-state index contributed by atoms with van der Waals surface area (Å²) in [5, 5.41) is 4.69. The number of rotatable bonds is 2. The van der Waals surface area contributed by atoms with Crippen molar-refractivity contribution >= 4 is 17.0 Å². The molecule has 0 bridgehead atoms. The van der Waals surface area contributed by atoms with Gasteiger partial charge in [-0.15, -0.1) is 0 Å². The molecule has 5 rings (SSSR count). The summed E-state index contributed by atoms with van der Waals surface area (Å²) < 4.78 is 1.83. The Morgan fingerprint density at radius 3 is 2.77 bits per heavy atom. The molecule has 3 aliphatic heterocycles. The van der Waals surface area contributed by atoms with E-state index < -0.39 is 0 Å². The Morgan fingerprint density at radius 1 is 1.10 bits per heavy atom. The fourth-order valence-corrected chi connectivity index (χ4v) is 4.15. The standard InChI is InChI=1S/C25H25N5O/c1-17-15-30-24(18(2)26-17)14-23(27-30)20-5-4-6-22-8-7-21(16-29(22)25(31)13-20)19-9-11-28(3)12-10-19/h4-9,13-16H,10-12H2,1-3H3/b5-4+,20-13+,22-6+. The summed E-state index contributed by atoms with van der Waals surface area (Å²) in [4.78, 5) is 21.8. The average molecular weight is 412 g/mol. The van der Waals surface area contributed by atoms with Gasteiger partial charge in [0.05, 0.1) is 28.8 Å². The lowest BCUT2D eigenvalue weighted by atomic mass is 9.97. The molecule has 3 aliphatic rings. The van der Waals surface area contributed by atoms with Gasteiger partial charge in [-0.1, -0.05) is 24.3 Å². The van der Waals surface area contributed by atoms with Crippen LogP contribution in [0.2, 0.25) is 0 Å². The highest BCUT2D eigenvalue weighted by Crippen LogP contribution is 2.28. The topological polar surface area (TPSA) is 53.7 Å². The number of amides is 1. The summed E-state index contributed by atoms with van der Waals surface area (Å²) in [6.45, 7) is 5.89. The largest absolute Gasteiger partial charge is 0.302 e. The van der Waals surface area contributed by atoms with Gasteiger partial charge in [0.2, 0.25) is 0 Å². The van der Waals surface area contributed by atoms with Crippen molar-refractivity contribution in [1.29, 1.82) is 0 Å². The molecule has 0 fully saturated rings. The van der Waals surface area contributed by atoms with Crippen LogP contribution in [-0.2, 0) is 4.79 Å². The molecule has 1 amide bonds. The van der Waals surface area contributed by atoms with Crippen LogP contribution in [0.25, 0.3) is 11.1 Å². The zero-order valence-electron chi connectivity index (χ0n) is 18.0. The molecule has 6 heteroatoms. The van der Waals surface area contributed by atoms with Gasteiger partial charge in [-0.3, -0.25) is 14.7 Å². The van der Waals surface area contributed by atoms with Crippen molar-refractivity contribution in [2.45, 2.75) is 20.3 Å². The summed E-state index contributed by atoms with van der Waals surface area (Å²) in [6.07, 6.45) is 18.7. The van der Waals surface area contributed by atoms with Gasteiger partial charge in [0.1, 0.15) is 0 Å². The minimum atomic E-state index is -0.0796. The maximum atomic E-state index is 13.2. The van der Waals surface area contributed by atoms with Gasteiger partial charge < -0.3 is 4.90 Å². The minimum absolute atomic E-state index is 0.0796. The Bertz CT molecular complexity index is 1270. The first-order valence-electron chi connectivity index (χ1n) is 10.5. The van der Waals surface area contributed by atoms with Crippen molar-refractivity contribution < 1.29 is 4.79 Å². The molecule has 5 heterocycles. The van der Waals surface area contributed by atoms with Gasteiger partial charge in [-0.05, 0) is 56.7 Å². The molecule has 0 saturated carbocycles. The first kappa shape index (κ1) is 19.5. The Kier molecular flexibility index (Phi) is 4.79. The SMILES string of the molecule is Cc1cn2nc(C3=C\C(=O)N4C=C(C5=CCN(C)CC5)C=C\C4=C/C=C/3)cc2c(C)n1. The quantitative estimate of drug-likeness (QED) is 0.756. The van der Waals surface area contributed by atoms with Crippen LogP contribution >= 0.6 is 0 Å². The predicted molar refractivity (Wildman–Crippen MR) is 122 cm³/mol. The Labute approximate surface area is 181 Å². The Hall–Kier alpha value is -3.51. The summed E-state index contributed by atoms with van der Waals surface area (Å²) in [5.41, 5.74) is 7.56. The number of hydrogen-bond acceptors (Lipinski definition) is 4. The van der Waals surface area contributed by atoms with Crippen LogP contribution in [0.3, 0.4) is 0 Å². The van der Waals surface area contributed by atoms with E-state index in [0.717, 1.165) is 59.0 Å². The van der Waals surface area contributed by atoms with E-state index in [1.54, 1.807) is 11.0 Å². The highest BCUT2D eigenvalue weighted by molar-refractivity contribution is 5.99. The fraction of sp³-hybridized carbons (Fsp3) is 0.240. The molecule has 0 aromatic carbocycles. The van der Waals surface area contributed by atoms with Crippen molar-refractivity contribution in [3.05, 3.63) is 94.9 Å². The van der Waals surface area contributed by atoms with Gasteiger partial charge in [0.25, 0.3) is 5.91 Å². The smallest absolute Gasteiger partial charge is 0.255 e. The van der Waals surface area contributed by atoms with Crippen molar-refractivity contribution in [1.82, 2.24) is 24.4 Å². The zero-order chi connectivity index (χ0) is 21.5. The van der Waals surface area contributed by atoms with Crippen LogP contribution in [0.4, 0.5) is 0 Å². The van der Waals surface area contributed by atoms with Crippen LogP contribution < -0.4 is 0 Å². The third-order valence-electron chi connectivity index (χ3n) is 5.88. The molecule has 0 spiro atoms. The monoisotopic (exact) mass is 411 g/mol. The molecule has 2 aromatic heterocycles. The van der Waals surface area contributed by atoms with Crippen LogP contribution in [0.1, 0.15) is 23.5 Å². The third-order valence-corrected chi connectivity index (χ3v) is 5.88. The molecular weight excluding hydrogens is 386 g/mol. The molecule has 6 nitrogen and oxygen atoms in total. The molecule has 0 aliphatic carbocycles. The number of hydrogen-bond donors (Lipinski definition) is 0. The summed E-state index contributed by atoms with van der Waals surface area (Å²) >= 11 is 0. The third kappa shape index (κ3) is 3.70. The molecule has 156 valence electrons. The predicted octanol–water partition coefficient (Wildman–Crippen LogP) is 3.73. The van der Waals surface area contributed by atoms with E-state index in [0.29, 0.717) is 0 Å². The minimum Gasteiger partial charge on any atom is -0.302 e. The highest BCUT2D eigenvalue weighted by atomic mass is 16.2. The lowest BCUT2D eigenvalue weighted by Gasteiger charge is -2.27. The van der Waals surface area contributed by atoms with Crippen molar-refractivity contribution in [2.75, 3.05) is 20.1 Å². The number of fused-ring (bicyclic) bond motifs is 2. The van der Waals surface area contributed by atoms with Crippen LogP contribution in [0, 0.1) is 13.8 Å². The molecule has 0 radical (unpaired) electrons. The van der Waals surface area contributed by atoms with E-state index in [4.69, 9.17) is 0 Å². The highest BCUT2D eigenvalue weighted by Gasteiger charge is 2.21. The summed E-state index contributed by atoms with van der Waals surface area (Å²) in [7, 11) is 2.12. The molecule has 0 atom stereocenters. The second kappa shape index (κ2) is 7.63. The molecule has 0 unspecified atom stereocenters. The molecule has 0 saturated heterocycles. The molecule has 31 heavy (non-hydrogen) atoms. The number of carbonyl (C=O) groups excluding carboxylic acids is 1. The lowest BCUT2D eigenvalue weighted by molar-refractivity contribution is -0.122. The number of aryl methyl sites for hydroxylation is 2. The Balaban J connectivity index is 1.50. The second-order valence-electron chi connectivity index (χ2n) is 8.25. The van der Waals surface area contributed by atoms with Crippen molar-refractivity contribution in [3.8, 4) is 0 Å². The van der Waals surface area contributed by atoms with E-state index in [1.807, 2.05) is 61.1 Å². The first-order chi connectivity index (χ1) is 15.0. The fourth-order valence-electron chi connectivity index (χ4n) is 4.15. The van der Waals surface area contributed by atoms with E-state index in [-0.39, 0.29) is 5.91 Å². The van der Waals surface area contributed by atoms with Crippen LogP contribution in [0.15, 0.2) is 77.8 Å². The second-order valence-corrected chi connectivity index (χ2v) is 8.25. The molecule has 0 N–H and O–H groups in total. The summed E-state index contributed by atoms with van der Waals surface area (Å²) in [5.74, 6) is -0.0796. The van der Waals surface area contributed by atoms with E-state index >= 15 is 0 Å². The maximum Gasteiger partial charge on any atom is 0.255 e. The van der Waals surface area contributed by atoms with Crippen LogP contribution in [0.5, 0.6) is 0 Å². The van der Waals surface area contributed by atoms with Gasteiger partial charge in [0.15, 0.2) is 0 Å². The zero-order valence-corrected chi connectivity index (χ0v) is 18.0. The number of aromatic nitrogens is 3. The van der Waals surface area contributed by atoms with Gasteiger partial charge in [0, 0.05) is 36.6 Å². The summed E-state index contributed by atoms with van der Waals surface area (Å²) in [6, 6.07) is 1.98. The number of likely N-dealkylation sites (N-methyl/N-ethyl adjacent to an activating group) is 1. The van der Waals surface area contributed by atoms with Gasteiger partial charge >= 0.3 is 0 Å². The number of allylic oxidation sites excluding steroid dienone is 7. The maximum absolute atomic E-state index is 13.2. The van der Waals surface area contributed by atoms with Crippen LogP contribution in [-0.4, -0.2) is 50.4 Å². The first-order valence-corrected chi connectivity index (χ1v) is 10.5. The van der Waals surface area contributed by atoms with Crippen molar-refractivity contribution in [2.24, 2.45) is 0 Å². The van der Waals surface area contributed by atoms with E-state index in [9.17, 15) is 4.79 Å². The van der Waals surface area contributed by atoms with E-state index in [2.05, 4.69) is 34.2 Å². The van der Waals surface area contributed by atoms with E-state index in [1.165, 1.54) is 5.57 Å². The van der Waals surface area contributed by atoms with Crippen molar-refractivity contribution in [3.63, 3.8) is 0 Å². The van der Waals surface area contributed by atoms with Gasteiger partial charge in [-0.2, -0.15) is 5.10 Å². The number of carbonyl (C=O) groups is 1. The number of nitrogens with zero attached hydrogens (tertiary/aromatic N) is 5. The normalized spacial score (nSPS) is 23.8. The van der Waals surface area contributed by atoms with Gasteiger partial charge in [-0.25, -0.2) is 4.52 Å². The molecule has 2 aromatic rings.